The number of hydrogen-bond donors (Lipinski definition) is 2. The first-order valence-electron chi connectivity index (χ1n) is 8.29. The Hall–Kier alpha value is -2.80. The number of carbonyl (C=O) groups excluding carboxylic acids is 1. The van der Waals surface area contributed by atoms with Gasteiger partial charge < -0.3 is 10.0 Å². The SMILES string of the molecule is CN(C)c1ccc([C@@H]2C=C(c3cccs3)NN2C(=O)CCC(=O)O)cc1. The molecule has 1 atom stereocenters. The van der Waals surface area contributed by atoms with Crippen LogP contribution in [-0.2, 0) is 9.59 Å². The Morgan fingerprint density at radius 3 is 2.50 bits per heavy atom. The maximum absolute atomic E-state index is 12.6. The molecule has 0 radical (unpaired) electrons. The predicted molar refractivity (Wildman–Crippen MR) is 103 cm³/mol. The number of rotatable bonds is 6. The molecule has 2 N–H and O–H groups in total. The lowest BCUT2D eigenvalue weighted by Gasteiger charge is -2.25. The number of nitrogens with one attached hydrogen (secondary N) is 1. The number of anilines is 1. The van der Waals surface area contributed by atoms with Crippen molar-refractivity contribution in [1.82, 2.24) is 10.4 Å². The number of nitrogens with zero attached hydrogens (tertiary/aromatic N) is 2. The van der Waals surface area contributed by atoms with E-state index in [1.807, 2.05) is 66.8 Å². The summed E-state index contributed by atoms with van der Waals surface area (Å²) in [7, 11) is 3.95. The zero-order chi connectivity index (χ0) is 18.7. The first-order chi connectivity index (χ1) is 12.5. The summed E-state index contributed by atoms with van der Waals surface area (Å²) in [4.78, 5) is 26.5. The van der Waals surface area contributed by atoms with Crippen molar-refractivity contribution in [3.63, 3.8) is 0 Å². The van der Waals surface area contributed by atoms with Gasteiger partial charge in [0.05, 0.1) is 23.0 Å². The Bertz CT molecular complexity index is 813. The zero-order valence-electron chi connectivity index (χ0n) is 14.7. The number of carboxylic acid groups (broad SMARTS) is 1. The first kappa shape index (κ1) is 18.0. The quantitative estimate of drug-likeness (QED) is 0.816. The maximum atomic E-state index is 12.6. The van der Waals surface area contributed by atoms with Gasteiger partial charge >= 0.3 is 5.97 Å². The fourth-order valence-electron chi connectivity index (χ4n) is 2.80. The van der Waals surface area contributed by atoms with Crippen LogP contribution in [0.2, 0.25) is 0 Å². The highest BCUT2D eigenvalue weighted by molar-refractivity contribution is 7.11. The third-order valence-electron chi connectivity index (χ3n) is 4.20. The summed E-state index contributed by atoms with van der Waals surface area (Å²) < 4.78 is 0. The topological polar surface area (TPSA) is 72.9 Å². The summed E-state index contributed by atoms with van der Waals surface area (Å²) in [5.74, 6) is -1.22. The van der Waals surface area contributed by atoms with Gasteiger partial charge in [0, 0.05) is 26.2 Å². The van der Waals surface area contributed by atoms with Crippen LogP contribution < -0.4 is 10.3 Å². The molecule has 1 aliphatic heterocycles. The van der Waals surface area contributed by atoms with E-state index in [2.05, 4.69) is 5.43 Å². The summed E-state index contributed by atoms with van der Waals surface area (Å²) in [6, 6.07) is 11.7. The summed E-state index contributed by atoms with van der Waals surface area (Å²) >= 11 is 1.59. The number of carbonyl (C=O) groups is 2. The van der Waals surface area contributed by atoms with Crippen LogP contribution >= 0.6 is 11.3 Å². The highest BCUT2D eigenvalue weighted by atomic mass is 32.1. The Balaban J connectivity index is 1.87. The summed E-state index contributed by atoms with van der Waals surface area (Å²) in [5, 5.41) is 12.4. The molecule has 6 nitrogen and oxygen atoms in total. The summed E-state index contributed by atoms with van der Waals surface area (Å²) in [5.41, 5.74) is 6.07. The second kappa shape index (κ2) is 7.61. The van der Waals surface area contributed by atoms with E-state index in [9.17, 15) is 9.59 Å². The number of benzene rings is 1. The highest BCUT2D eigenvalue weighted by Crippen LogP contribution is 2.33. The van der Waals surface area contributed by atoms with E-state index in [1.165, 1.54) is 5.01 Å². The van der Waals surface area contributed by atoms with Crippen LogP contribution in [0.25, 0.3) is 5.70 Å². The average molecular weight is 371 g/mol. The number of amides is 1. The minimum Gasteiger partial charge on any atom is -0.481 e. The van der Waals surface area contributed by atoms with Gasteiger partial charge in [-0.2, -0.15) is 0 Å². The van der Waals surface area contributed by atoms with E-state index in [-0.39, 0.29) is 24.8 Å². The lowest BCUT2D eigenvalue weighted by atomic mass is 10.0. The van der Waals surface area contributed by atoms with Crippen LogP contribution in [0.4, 0.5) is 5.69 Å². The third-order valence-corrected chi connectivity index (χ3v) is 5.11. The van der Waals surface area contributed by atoms with Crippen LogP contribution in [0.1, 0.15) is 29.3 Å². The molecule has 1 aromatic heterocycles. The van der Waals surface area contributed by atoms with Gasteiger partial charge in [-0.05, 0) is 35.2 Å². The van der Waals surface area contributed by atoms with Crippen LogP contribution in [-0.4, -0.2) is 36.1 Å². The number of thiophene rings is 1. The largest absolute Gasteiger partial charge is 0.481 e. The minimum atomic E-state index is -0.976. The molecule has 1 aliphatic rings. The van der Waals surface area contributed by atoms with Crippen molar-refractivity contribution in [3.8, 4) is 0 Å². The normalized spacial score (nSPS) is 16.2. The van der Waals surface area contributed by atoms with Gasteiger partial charge in [0.15, 0.2) is 0 Å². The van der Waals surface area contributed by atoms with Crippen molar-refractivity contribution in [2.45, 2.75) is 18.9 Å². The molecular weight excluding hydrogens is 350 g/mol. The van der Waals surface area contributed by atoms with Crippen LogP contribution in [0.5, 0.6) is 0 Å². The molecule has 0 spiro atoms. The van der Waals surface area contributed by atoms with E-state index in [4.69, 9.17) is 5.11 Å². The monoisotopic (exact) mass is 371 g/mol. The van der Waals surface area contributed by atoms with E-state index in [0.717, 1.165) is 21.8 Å². The lowest BCUT2D eigenvalue weighted by Crippen LogP contribution is -2.39. The van der Waals surface area contributed by atoms with Gasteiger partial charge in [-0.25, -0.2) is 5.01 Å². The van der Waals surface area contributed by atoms with Gasteiger partial charge in [-0.3, -0.25) is 15.0 Å². The maximum Gasteiger partial charge on any atom is 0.303 e. The number of hydrogen-bond acceptors (Lipinski definition) is 5. The Kier molecular flexibility index (Phi) is 5.27. The molecule has 2 heterocycles. The van der Waals surface area contributed by atoms with Gasteiger partial charge in [-0.15, -0.1) is 11.3 Å². The van der Waals surface area contributed by atoms with E-state index < -0.39 is 5.97 Å². The highest BCUT2D eigenvalue weighted by Gasteiger charge is 2.31. The number of aliphatic carboxylic acids is 1. The van der Waals surface area contributed by atoms with Crippen molar-refractivity contribution in [2.75, 3.05) is 19.0 Å². The van der Waals surface area contributed by atoms with Gasteiger partial charge in [0.1, 0.15) is 0 Å². The molecular formula is C19H21N3O3S. The predicted octanol–water partition coefficient (Wildman–Crippen LogP) is 3.11. The molecule has 0 bridgehead atoms. The molecule has 26 heavy (non-hydrogen) atoms. The van der Waals surface area contributed by atoms with E-state index in [0.29, 0.717) is 0 Å². The molecule has 0 saturated heterocycles. The third kappa shape index (κ3) is 3.88. The molecule has 1 aromatic carbocycles. The van der Waals surface area contributed by atoms with Crippen LogP contribution in [0.3, 0.4) is 0 Å². The van der Waals surface area contributed by atoms with Crippen molar-refractivity contribution < 1.29 is 14.7 Å². The number of hydrazine groups is 1. The van der Waals surface area contributed by atoms with E-state index >= 15 is 0 Å². The second-order valence-electron chi connectivity index (χ2n) is 6.26. The number of carboxylic acids is 1. The van der Waals surface area contributed by atoms with Crippen molar-refractivity contribution >= 4 is 34.6 Å². The van der Waals surface area contributed by atoms with Crippen LogP contribution in [0, 0.1) is 0 Å². The van der Waals surface area contributed by atoms with Crippen molar-refractivity contribution in [1.29, 1.82) is 0 Å². The molecule has 0 unspecified atom stereocenters. The summed E-state index contributed by atoms with van der Waals surface area (Å²) in [6.07, 6.45) is 1.78. The standard InChI is InChI=1S/C19H21N3O3S/c1-21(2)14-7-5-13(6-8-14)16-12-15(17-4-3-11-26-17)20-22(16)18(23)9-10-19(24)25/h3-8,11-12,16,20H,9-10H2,1-2H3,(H,24,25)/t16-/m0/s1. The van der Waals surface area contributed by atoms with Crippen LogP contribution in [0.15, 0.2) is 47.9 Å². The van der Waals surface area contributed by atoms with Crippen molar-refractivity contribution in [2.24, 2.45) is 0 Å². The zero-order valence-corrected chi connectivity index (χ0v) is 15.5. The minimum absolute atomic E-state index is 0.0415. The first-order valence-corrected chi connectivity index (χ1v) is 9.17. The van der Waals surface area contributed by atoms with Gasteiger partial charge in [0.25, 0.3) is 0 Å². The molecule has 3 rings (SSSR count). The second-order valence-corrected chi connectivity index (χ2v) is 7.21. The van der Waals surface area contributed by atoms with E-state index in [1.54, 1.807) is 11.3 Å². The lowest BCUT2D eigenvalue weighted by molar-refractivity contribution is -0.142. The molecule has 7 heteroatoms. The summed E-state index contributed by atoms with van der Waals surface area (Å²) in [6.45, 7) is 0. The molecule has 1 amide bonds. The van der Waals surface area contributed by atoms with Gasteiger partial charge in [0.2, 0.25) is 5.91 Å². The Morgan fingerprint density at radius 1 is 1.19 bits per heavy atom. The van der Waals surface area contributed by atoms with Crippen molar-refractivity contribution in [3.05, 3.63) is 58.3 Å². The Morgan fingerprint density at radius 2 is 1.92 bits per heavy atom. The smallest absolute Gasteiger partial charge is 0.303 e. The molecule has 0 aliphatic carbocycles. The van der Waals surface area contributed by atoms with Gasteiger partial charge in [-0.1, -0.05) is 18.2 Å². The molecule has 0 saturated carbocycles. The average Bonchev–Trinajstić information content (AvgIpc) is 3.29. The fraction of sp³-hybridized carbons (Fsp3) is 0.263. The molecule has 2 aromatic rings. The molecule has 0 fully saturated rings. The fourth-order valence-corrected chi connectivity index (χ4v) is 3.51. The molecule has 136 valence electrons. The Labute approximate surface area is 156 Å².